The number of alkyl halides is 3. The highest BCUT2D eigenvalue weighted by Gasteiger charge is 2.32. The van der Waals surface area contributed by atoms with Gasteiger partial charge in [0.25, 0.3) is 0 Å². The first-order chi connectivity index (χ1) is 21.1. The molecule has 1 aliphatic rings. The Hall–Kier alpha value is -4.91. The van der Waals surface area contributed by atoms with Gasteiger partial charge in [-0.05, 0) is 78.6 Å². The van der Waals surface area contributed by atoms with Crippen molar-refractivity contribution in [3.63, 3.8) is 0 Å². The molecule has 0 radical (unpaired) electrons. The molecule has 0 unspecified atom stereocenters. The van der Waals surface area contributed by atoms with Crippen LogP contribution in [0.25, 0.3) is 17.8 Å². The van der Waals surface area contributed by atoms with Gasteiger partial charge in [-0.1, -0.05) is 55.4 Å². The molecule has 3 amide bonds. The standard InChI is InChI=1S/C31H27F3N6O3S/c1-3-4-22-9-5-20(2)17-26(22)40-28(41)18-44-30(40)37-29(42)36-23-10-6-21(7-11-23)8-16-27-35-19-39(38-27)24-12-14-25(15-13-24)43-31(32,33)34/h5-17,19H,3-4,18H2,1-2H3,(H,36,42)/b16-8+,37-30-. The van der Waals surface area contributed by atoms with Crippen LogP contribution in [0.5, 0.6) is 5.75 Å². The molecule has 9 nitrogen and oxygen atoms in total. The zero-order valence-electron chi connectivity index (χ0n) is 23.7. The predicted molar refractivity (Wildman–Crippen MR) is 165 cm³/mol. The summed E-state index contributed by atoms with van der Waals surface area (Å²) < 4.78 is 42.4. The number of thioether (sulfide) groups is 1. The number of hydrogen-bond donors (Lipinski definition) is 1. The van der Waals surface area contributed by atoms with Crippen molar-refractivity contribution >= 4 is 52.4 Å². The molecular weight excluding hydrogens is 593 g/mol. The van der Waals surface area contributed by atoms with E-state index < -0.39 is 12.4 Å². The van der Waals surface area contributed by atoms with Crippen molar-refractivity contribution in [2.45, 2.75) is 33.1 Å². The quantitative estimate of drug-likeness (QED) is 0.222. The maximum absolute atomic E-state index is 12.8. The number of rotatable bonds is 8. The first-order valence-corrected chi connectivity index (χ1v) is 14.6. The van der Waals surface area contributed by atoms with E-state index in [1.165, 1.54) is 51.9 Å². The number of anilines is 2. The van der Waals surface area contributed by atoms with Gasteiger partial charge >= 0.3 is 12.4 Å². The maximum atomic E-state index is 12.8. The third kappa shape index (κ3) is 7.72. The van der Waals surface area contributed by atoms with E-state index in [2.05, 4.69) is 32.1 Å². The van der Waals surface area contributed by atoms with Crippen molar-refractivity contribution in [2.24, 2.45) is 4.99 Å². The minimum Gasteiger partial charge on any atom is -0.406 e. The number of aliphatic imine (C=N–C) groups is 1. The summed E-state index contributed by atoms with van der Waals surface area (Å²) >= 11 is 1.23. The Kier molecular flexibility index (Phi) is 9.14. The van der Waals surface area contributed by atoms with Crippen LogP contribution in [0, 0.1) is 6.92 Å². The number of nitrogens with one attached hydrogen (secondary N) is 1. The van der Waals surface area contributed by atoms with Gasteiger partial charge in [0.2, 0.25) is 5.91 Å². The van der Waals surface area contributed by atoms with E-state index in [1.807, 2.05) is 25.1 Å². The first kappa shape index (κ1) is 30.5. The molecule has 0 spiro atoms. The summed E-state index contributed by atoms with van der Waals surface area (Å²) in [6, 6.07) is 17.7. The number of aromatic nitrogens is 3. The van der Waals surface area contributed by atoms with E-state index in [4.69, 9.17) is 0 Å². The van der Waals surface area contributed by atoms with E-state index in [-0.39, 0.29) is 17.4 Å². The van der Waals surface area contributed by atoms with Gasteiger partial charge in [0.05, 0.1) is 17.1 Å². The molecule has 0 atom stereocenters. The molecule has 1 N–H and O–H groups in total. The molecule has 1 fully saturated rings. The fourth-order valence-corrected chi connectivity index (χ4v) is 5.27. The third-order valence-corrected chi connectivity index (χ3v) is 7.32. The number of amidine groups is 1. The normalized spacial score (nSPS) is 14.5. The van der Waals surface area contributed by atoms with Crippen LogP contribution in [-0.4, -0.2) is 44.0 Å². The van der Waals surface area contributed by atoms with Crippen LogP contribution in [0.1, 0.15) is 35.9 Å². The number of nitrogens with zero attached hydrogens (tertiary/aromatic N) is 5. The second-order valence-electron chi connectivity index (χ2n) is 9.77. The molecule has 0 saturated carbocycles. The molecule has 226 valence electrons. The van der Waals surface area contributed by atoms with Crippen LogP contribution < -0.4 is 15.0 Å². The fraction of sp³-hybridized carbons (Fsp3) is 0.194. The van der Waals surface area contributed by atoms with Crippen molar-refractivity contribution in [3.8, 4) is 11.4 Å². The van der Waals surface area contributed by atoms with E-state index in [1.54, 1.807) is 36.4 Å². The number of halogens is 3. The molecule has 0 aliphatic carbocycles. The molecule has 1 saturated heterocycles. The summed E-state index contributed by atoms with van der Waals surface area (Å²) in [5, 5.41) is 7.40. The monoisotopic (exact) mass is 620 g/mol. The number of carbonyl (C=O) groups excluding carboxylic acids is 2. The SMILES string of the molecule is CCCc1ccc(C)cc1N1C(=O)CS/C1=N\C(=O)Nc1ccc(/C=C/c2ncn(-c3ccc(OC(F)(F)F)cc3)n2)cc1. The van der Waals surface area contributed by atoms with E-state index in [0.29, 0.717) is 22.4 Å². The highest BCUT2D eigenvalue weighted by atomic mass is 32.2. The predicted octanol–water partition coefficient (Wildman–Crippen LogP) is 7.27. The summed E-state index contributed by atoms with van der Waals surface area (Å²) in [5.74, 6) is 0.153. The summed E-state index contributed by atoms with van der Waals surface area (Å²) in [6.45, 7) is 4.03. The molecule has 3 aromatic carbocycles. The van der Waals surface area contributed by atoms with Gasteiger partial charge in [0.1, 0.15) is 12.1 Å². The third-order valence-electron chi connectivity index (χ3n) is 6.39. The highest BCUT2D eigenvalue weighted by Crippen LogP contribution is 2.31. The Morgan fingerprint density at radius 1 is 1.09 bits per heavy atom. The minimum absolute atomic E-state index is 0.117. The highest BCUT2D eigenvalue weighted by molar-refractivity contribution is 8.15. The van der Waals surface area contributed by atoms with Crippen LogP contribution in [0.4, 0.5) is 29.3 Å². The molecule has 1 aliphatic heterocycles. The lowest BCUT2D eigenvalue weighted by Gasteiger charge is -2.20. The fourth-order valence-electron chi connectivity index (χ4n) is 4.41. The molecule has 5 rings (SSSR count). The number of amides is 3. The van der Waals surface area contributed by atoms with Crippen LogP contribution in [0.3, 0.4) is 0 Å². The lowest BCUT2D eigenvalue weighted by Crippen LogP contribution is -2.31. The first-order valence-electron chi connectivity index (χ1n) is 13.6. The van der Waals surface area contributed by atoms with Crippen LogP contribution in [-0.2, 0) is 11.2 Å². The van der Waals surface area contributed by atoms with Crippen LogP contribution >= 0.6 is 11.8 Å². The van der Waals surface area contributed by atoms with Gasteiger partial charge in [-0.25, -0.2) is 14.5 Å². The zero-order valence-corrected chi connectivity index (χ0v) is 24.5. The number of carbonyl (C=O) groups is 2. The van der Waals surface area contributed by atoms with Gasteiger partial charge in [-0.3, -0.25) is 9.69 Å². The number of benzene rings is 3. The van der Waals surface area contributed by atoms with Crippen molar-refractivity contribution in [3.05, 3.63) is 95.6 Å². The number of urea groups is 1. The van der Waals surface area contributed by atoms with Gasteiger partial charge in [-0.15, -0.1) is 18.3 Å². The van der Waals surface area contributed by atoms with Gasteiger partial charge < -0.3 is 10.1 Å². The molecule has 0 bridgehead atoms. The minimum atomic E-state index is -4.76. The number of ether oxygens (including phenoxy) is 1. The van der Waals surface area contributed by atoms with Crippen LogP contribution in [0.15, 0.2) is 78.0 Å². The average molecular weight is 621 g/mol. The zero-order chi connectivity index (χ0) is 31.3. The molecule has 1 aromatic heterocycles. The lowest BCUT2D eigenvalue weighted by atomic mass is 10.0. The van der Waals surface area contributed by atoms with Crippen molar-refractivity contribution in [2.75, 3.05) is 16.0 Å². The molecule has 13 heteroatoms. The van der Waals surface area contributed by atoms with Gasteiger partial charge in [-0.2, -0.15) is 4.99 Å². The van der Waals surface area contributed by atoms with Crippen LogP contribution in [0.2, 0.25) is 0 Å². The number of hydrogen-bond acceptors (Lipinski definition) is 6. The summed E-state index contributed by atoms with van der Waals surface area (Å²) in [7, 11) is 0. The van der Waals surface area contributed by atoms with Gasteiger partial charge in [0, 0.05) is 5.69 Å². The van der Waals surface area contributed by atoms with E-state index in [0.717, 1.165) is 35.2 Å². The Labute approximate surface area is 255 Å². The number of aryl methyl sites for hydroxylation is 2. The summed E-state index contributed by atoms with van der Waals surface area (Å²) in [5.41, 5.74) is 4.66. The van der Waals surface area contributed by atoms with E-state index in [9.17, 15) is 22.8 Å². The summed E-state index contributed by atoms with van der Waals surface area (Å²) in [6.07, 6.45) is 1.87. The Morgan fingerprint density at radius 2 is 1.84 bits per heavy atom. The Morgan fingerprint density at radius 3 is 2.55 bits per heavy atom. The molecule has 4 aromatic rings. The lowest BCUT2D eigenvalue weighted by molar-refractivity contribution is -0.274. The maximum Gasteiger partial charge on any atom is 0.573 e. The Balaban J connectivity index is 1.21. The molecule has 44 heavy (non-hydrogen) atoms. The van der Waals surface area contributed by atoms with Crippen molar-refractivity contribution < 1.29 is 27.5 Å². The van der Waals surface area contributed by atoms with E-state index >= 15 is 0 Å². The molecular formula is C31H27F3N6O3S. The average Bonchev–Trinajstić information content (AvgIpc) is 3.60. The molecule has 2 heterocycles. The van der Waals surface area contributed by atoms with Crippen molar-refractivity contribution in [1.82, 2.24) is 14.8 Å². The van der Waals surface area contributed by atoms with Crippen molar-refractivity contribution in [1.29, 1.82) is 0 Å². The largest absolute Gasteiger partial charge is 0.573 e. The second kappa shape index (κ2) is 13.2. The smallest absolute Gasteiger partial charge is 0.406 e. The van der Waals surface area contributed by atoms with Gasteiger partial charge in [0.15, 0.2) is 11.0 Å². The topological polar surface area (TPSA) is 102 Å². The summed E-state index contributed by atoms with van der Waals surface area (Å²) in [4.78, 5) is 35.5. The second-order valence-corrected chi connectivity index (χ2v) is 10.7. The Bertz CT molecular complexity index is 1720.